The number of nitrogens with one attached hydrogen (secondary N) is 1. The van der Waals surface area contributed by atoms with Crippen molar-refractivity contribution in [3.8, 4) is 0 Å². The molecule has 0 amide bonds. The molecule has 0 aromatic heterocycles. The molecule has 3 nitrogen and oxygen atoms in total. The summed E-state index contributed by atoms with van der Waals surface area (Å²) in [5.74, 6) is 0.912. The second-order valence-corrected chi connectivity index (χ2v) is 5.04. The van der Waals surface area contributed by atoms with Crippen LogP contribution in [-0.4, -0.2) is 50.8 Å². The third kappa shape index (κ3) is 7.02. The van der Waals surface area contributed by atoms with Crippen molar-refractivity contribution in [2.75, 3.05) is 45.9 Å². The Hall–Kier alpha value is -0.120. The van der Waals surface area contributed by atoms with Crippen molar-refractivity contribution in [2.45, 2.75) is 39.5 Å². The van der Waals surface area contributed by atoms with Crippen molar-refractivity contribution < 1.29 is 4.74 Å². The Morgan fingerprint density at radius 3 is 2.59 bits per heavy atom. The van der Waals surface area contributed by atoms with Crippen molar-refractivity contribution in [3.63, 3.8) is 0 Å². The highest BCUT2D eigenvalue weighted by molar-refractivity contribution is 4.72. The second kappa shape index (κ2) is 9.86. The van der Waals surface area contributed by atoms with E-state index in [1.165, 1.54) is 58.4 Å². The molecule has 0 aromatic rings. The van der Waals surface area contributed by atoms with E-state index >= 15 is 0 Å². The van der Waals surface area contributed by atoms with E-state index in [-0.39, 0.29) is 0 Å². The molecule has 0 aliphatic carbocycles. The van der Waals surface area contributed by atoms with Crippen molar-refractivity contribution in [1.29, 1.82) is 0 Å². The average molecular weight is 242 g/mol. The molecule has 1 rings (SSSR count). The Kier molecular flexibility index (Phi) is 8.67. The van der Waals surface area contributed by atoms with E-state index in [0.717, 1.165) is 19.1 Å². The Labute approximate surface area is 107 Å². The molecule has 0 spiro atoms. The van der Waals surface area contributed by atoms with Gasteiger partial charge >= 0.3 is 0 Å². The van der Waals surface area contributed by atoms with Gasteiger partial charge in [0.2, 0.25) is 0 Å². The maximum atomic E-state index is 5.42. The fraction of sp³-hybridized carbons (Fsp3) is 1.00. The minimum Gasteiger partial charge on any atom is -0.382 e. The molecular weight excluding hydrogens is 212 g/mol. The van der Waals surface area contributed by atoms with Crippen molar-refractivity contribution >= 4 is 0 Å². The highest BCUT2D eigenvalue weighted by Crippen LogP contribution is 2.13. The largest absolute Gasteiger partial charge is 0.382 e. The first kappa shape index (κ1) is 14.9. The molecule has 0 bridgehead atoms. The van der Waals surface area contributed by atoms with Gasteiger partial charge in [-0.25, -0.2) is 0 Å². The van der Waals surface area contributed by atoms with Crippen LogP contribution in [0, 0.1) is 5.92 Å². The van der Waals surface area contributed by atoms with Crippen LogP contribution in [0.25, 0.3) is 0 Å². The molecule has 1 N–H and O–H groups in total. The highest BCUT2D eigenvalue weighted by Gasteiger charge is 2.16. The number of piperidine rings is 1. The second-order valence-electron chi connectivity index (χ2n) is 5.04. The lowest BCUT2D eigenvalue weighted by Gasteiger charge is -2.29. The monoisotopic (exact) mass is 242 g/mol. The Morgan fingerprint density at radius 2 is 1.94 bits per heavy atom. The van der Waals surface area contributed by atoms with Gasteiger partial charge in [0.1, 0.15) is 0 Å². The van der Waals surface area contributed by atoms with Crippen LogP contribution in [0.2, 0.25) is 0 Å². The lowest BCUT2D eigenvalue weighted by atomic mass is 9.97. The topological polar surface area (TPSA) is 24.5 Å². The number of nitrogens with zero attached hydrogens (tertiary/aromatic N) is 1. The lowest BCUT2D eigenvalue weighted by molar-refractivity contribution is 0.125. The predicted octanol–water partition coefficient (Wildman–Crippen LogP) is 2.12. The normalized spacial score (nSPS) is 17.8. The quantitative estimate of drug-likeness (QED) is 0.627. The first-order valence-corrected chi connectivity index (χ1v) is 7.37. The van der Waals surface area contributed by atoms with Crippen LogP contribution in [0.4, 0.5) is 0 Å². The average Bonchev–Trinajstić information content (AvgIpc) is 2.36. The molecule has 102 valence electrons. The molecule has 1 heterocycles. The molecule has 3 heteroatoms. The van der Waals surface area contributed by atoms with Gasteiger partial charge < -0.3 is 15.0 Å². The van der Waals surface area contributed by atoms with Crippen LogP contribution in [0.1, 0.15) is 39.5 Å². The Morgan fingerprint density at radius 1 is 1.18 bits per heavy atom. The van der Waals surface area contributed by atoms with Gasteiger partial charge in [0, 0.05) is 26.3 Å². The minimum atomic E-state index is 0.849. The summed E-state index contributed by atoms with van der Waals surface area (Å²) in [6, 6.07) is 0. The summed E-state index contributed by atoms with van der Waals surface area (Å²) in [5, 5.41) is 3.44. The summed E-state index contributed by atoms with van der Waals surface area (Å²) in [7, 11) is 0. The number of hydrogen-bond acceptors (Lipinski definition) is 3. The van der Waals surface area contributed by atoms with E-state index in [0.29, 0.717) is 0 Å². The van der Waals surface area contributed by atoms with Crippen molar-refractivity contribution in [2.24, 2.45) is 5.92 Å². The fourth-order valence-electron chi connectivity index (χ4n) is 2.57. The van der Waals surface area contributed by atoms with Crippen LogP contribution >= 0.6 is 0 Å². The molecule has 0 atom stereocenters. The first-order chi connectivity index (χ1) is 8.36. The van der Waals surface area contributed by atoms with Crippen molar-refractivity contribution in [1.82, 2.24) is 10.2 Å². The van der Waals surface area contributed by atoms with Crippen LogP contribution in [0.5, 0.6) is 0 Å². The first-order valence-electron chi connectivity index (χ1n) is 7.37. The van der Waals surface area contributed by atoms with Crippen LogP contribution in [0.15, 0.2) is 0 Å². The van der Waals surface area contributed by atoms with Crippen LogP contribution < -0.4 is 5.32 Å². The maximum absolute atomic E-state index is 5.42. The zero-order chi connectivity index (χ0) is 12.3. The van der Waals surface area contributed by atoms with E-state index in [2.05, 4.69) is 24.1 Å². The molecule has 1 saturated heterocycles. The predicted molar refractivity (Wildman–Crippen MR) is 73.4 cm³/mol. The minimum absolute atomic E-state index is 0.849. The summed E-state index contributed by atoms with van der Waals surface area (Å²) in [6.45, 7) is 12.3. The van der Waals surface area contributed by atoms with Gasteiger partial charge in [-0.15, -0.1) is 0 Å². The van der Waals surface area contributed by atoms with E-state index in [1.807, 2.05) is 0 Å². The van der Waals surface area contributed by atoms with Crippen LogP contribution in [-0.2, 0) is 4.74 Å². The summed E-state index contributed by atoms with van der Waals surface area (Å²) >= 11 is 0. The zero-order valence-corrected chi connectivity index (χ0v) is 11.7. The zero-order valence-electron chi connectivity index (χ0n) is 11.7. The molecule has 1 aliphatic rings. The molecule has 0 unspecified atom stereocenters. The molecule has 1 fully saturated rings. The van der Waals surface area contributed by atoms with E-state index in [1.54, 1.807) is 0 Å². The summed E-state index contributed by atoms with van der Waals surface area (Å²) in [5.41, 5.74) is 0. The SMILES string of the molecule is CCCN(CCCOCC)CC1CCNCC1. The number of rotatable bonds is 9. The number of ether oxygens (including phenoxy) is 1. The smallest absolute Gasteiger partial charge is 0.0478 e. The maximum Gasteiger partial charge on any atom is 0.0478 e. The lowest BCUT2D eigenvalue weighted by Crippen LogP contribution is -2.37. The summed E-state index contributed by atoms with van der Waals surface area (Å²) < 4.78 is 5.42. The Balaban J connectivity index is 2.16. The third-order valence-corrected chi connectivity index (χ3v) is 3.48. The summed E-state index contributed by atoms with van der Waals surface area (Å²) in [4.78, 5) is 2.63. The standard InChI is InChI=1S/C14H30N2O/c1-3-10-16(11-5-12-17-4-2)13-14-6-8-15-9-7-14/h14-15H,3-13H2,1-2H3. The molecule has 0 radical (unpaired) electrons. The number of hydrogen-bond donors (Lipinski definition) is 1. The van der Waals surface area contributed by atoms with Gasteiger partial charge in [-0.05, 0) is 58.2 Å². The molecular formula is C14H30N2O. The fourth-order valence-corrected chi connectivity index (χ4v) is 2.57. The highest BCUT2D eigenvalue weighted by atomic mass is 16.5. The summed E-state index contributed by atoms with van der Waals surface area (Å²) in [6.07, 6.45) is 5.15. The van der Waals surface area contributed by atoms with Gasteiger partial charge in [0.15, 0.2) is 0 Å². The van der Waals surface area contributed by atoms with Crippen LogP contribution in [0.3, 0.4) is 0 Å². The van der Waals surface area contributed by atoms with E-state index in [4.69, 9.17) is 4.74 Å². The third-order valence-electron chi connectivity index (χ3n) is 3.48. The van der Waals surface area contributed by atoms with Crippen molar-refractivity contribution in [3.05, 3.63) is 0 Å². The van der Waals surface area contributed by atoms with Gasteiger partial charge in [-0.3, -0.25) is 0 Å². The Bertz CT molecular complexity index is 170. The van der Waals surface area contributed by atoms with Gasteiger partial charge in [-0.1, -0.05) is 6.92 Å². The van der Waals surface area contributed by atoms with E-state index in [9.17, 15) is 0 Å². The van der Waals surface area contributed by atoms with Gasteiger partial charge in [0.25, 0.3) is 0 Å². The molecule has 0 aromatic carbocycles. The molecule has 1 aliphatic heterocycles. The molecule has 0 saturated carbocycles. The molecule has 17 heavy (non-hydrogen) atoms. The van der Waals surface area contributed by atoms with Gasteiger partial charge in [0.05, 0.1) is 0 Å². The van der Waals surface area contributed by atoms with E-state index < -0.39 is 0 Å². The van der Waals surface area contributed by atoms with Gasteiger partial charge in [-0.2, -0.15) is 0 Å².